The molecule has 1 saturated heterocycles. The molecular formula is C12H21NO5S. The monoisotopic (exact) mass is 291 g/mol. The van der Waals surface area contributed by atoms with Crippen molar-refractivity contribution in [1.29, 1.82) is 0 Å². The lowest BCUT2D eigenvalue weighted by Gasteiger charge is -2.27. The van der Waals surface area contributed by atoms with E-state index in [0.29, 0.717) is 6.42 Å². The van der Waals surface area contributed by atoms with Gasteiger partial charge in [-0.2, -0.15) is 8.42 Å². The summed E-state index contributed by atoms with van der Waals surface area (Å²) in [7, 11) is -3.54. The number of carbonyl (C=O) groups is 1. The predicted octanol–water partition coefficient (Wildman–Crippen LogP) is 1.53. The van der Waals surface area contributed by atoms with Gasteiger partial charge in [0.05, 0.1) is 24.9 Å². The van der Waals surface area contributed by atoms with Crippen molar-refractivity contribution in [3.05, 3.63) is 12.7 Å². The lowest BCUT2D eigenvalue weighted by atomic mass is 10.2. The molecule has 0 aromatic heterocycles. The first-order valence-corrected chi connectivity index (χ1v) is 7.84. The third kappa shape index (κ3) is 5.20. The fourth-order valence-electron chi connectivity index (χ4n) is 1.90. The number of rotatable bonds is 3. The first-order valence-electron chi connectivity index (χ1n) is 6.02. The highest BCUT2D eigenvalue weighted by Gasteiger charge is 2.37. The lowest BCUT2D eigenvalue weighted by molar-refractivity contribution is 0.0240. The van der Waals surface area contributed by atoms with E-state index in [2.05, 4.69) is 6.58 Å². The van der Waals surface area contributed by atoms with Crippen LogP contribution in [0.25, 0.3) is 0 Å². The van der Waals surface area contributed by atoms with Gasteiger partial charge in [0.2, 0.25) is 0 Å². The molecule has 0 aromatic carbocycles. The Hall–Kier alpha value is -1.08. The summed E-state index contributed by atoms with van der Waals surface area (Å²) in [5, 5.41) is 0. The SMILES string of the molecule is C=C[C@@H]1C[C@@H](OS(C)(=O)=O)CN1C(=O)OC(C)(C)C. The molecule has 0 aromatic rings. The number of likely N-dealkylation sites (tertiary alicyclic amines) is 1. The lowest BCUT2D eigenvalue weighted by Crippen LogP contribution is -2.39. The number of carbonyl (C=O) groups excluding carboxylic acids is 1. The molecular weight excluding hydrogens is 270 g/mol. The number of ether oxygens (including phenoxy) is 1. The molecule has 0 aliphatic carbocycles. The average molecular weight is 291 g/mol. The van der Waals surface area contributed by atoms with Gasteiger partial charge >= 0.3 is 6.09 Å². The van der Waals surface area contributed by atoms with Gasteiger partial charge in [0.1, 0.15) is 5.60 Å². The summed E-state index contributed by atoms with van der Waals surface area (Å²) in [6, 6.07) is -0.276. The van der Waals surface area contributed by atoms with Crippen LogP contribution in [-0.4, -0.2) is 50.0 Å². The molecule has 0 saturated carbocycles. The highest BCUT2D eigenvalue weighted by atomic mass is 32.2. The highest BCUT2D eigenvalue weighted by molar-refractivity contribution is 7.86. The van der Waals surface area contributed by atoms with E-state index in [4.69, 9.17) is 8.92 Å². The molecule has 2 atom stereocenters. The Bertz CT molecular complexity index is 451. The van der Waals surface area contributed by atoms with Gasteiger partial charge < -0.3 is 4.74 Å². The summed E-state index contributed by atoms with van der Waals surface area (Å²) >= 11 is 0. The van der Waals surface area contributed by atoms with Gasteiger partial charge in [-0.25, -0.2) is 4.79 Å². The molecule has 0 N–H and O–H groups in total. The fraction of sp³-hybridized carbons (Fsp3) is 0.750. The van der Waals surface area contributed by atoms with Crippen LogP contribution >= 0.6 is 0 Å². The largest absolute Gasteiger partial charge is 0.444 e. The Morgan fingerprint density at radius 3 is 2.42 bits per heavy atom. The van der Waals surface area contributed by atoms with Crippen molar-refractivity contribution in [3.63, 3.8) is 0 Å². The van der Waals surface area contributed by atoms with Crippen molar-refractivity contribution >= 4 is 16.2 Å². The van der Waals surface area contributed by atoms with E-state index < -0.39 is 27.9 Å². The van der Waals surface area contributed by atoms with Crippen LogP contribution in [0, 0.1) is 0 Å². The van der Waals surface area contributed by atoms with Crippen molar-refractivity contribution in [2.75, 3.05) is 12.8 Å². The molecule has 19 heavy (non-hydrogen) atoms. The van der Waals surface area contributed by atoms with Crippen LogP contribution < -0.4 is 0 Å². The van der Waals surface area contributed by atoms with Crippen molar-refractivity contribution < 1.29 is 22.1 Å². The van der Waals surface area contributed by atoms with Gasteiger partial charge in [-0.05, 0) is 20.8 Å². The van der Waals surface area contributed by atoms with Crippen molar-refractivity contribution in [1.82, 2.24) is 4.90 Å². The maximum absolute atomic E-state index is 12.0. The van der Waals surface area contributed by atoms with Crippen LogP contribution in [0.3, 0.4) is 0 Å². The van der Waals surface area contributed by atoms with Crippen molar-refractivity contribution in [2.45, 2.75) is 44.9 Å². The number of hydrogen-bond acceptors (Lipinski definition) is 5. The van der Waals surface area contributed by atoms with E-state index in [-0.39, 0.29) is 12.6 Å². The van der Waals surface area contributed by atoms with Gasteiger partial charge in [-0.1, -0.05) is 6.08 Å². The molecule has 110 valence electrons. The molecule has 0 bridgehead atoms. The standard InChI is InChI=1S/C12H21NO5S/c1-6-9-7-10(18-19(5,15)16)8-13(9)11(14)17-12(2,3)4/h6,9-10H,1,7-8H2,2-5H3/t9-,10-/m1/s1. The second-order valence-electron chi connectivity index (χ2n) is 5.59. The summed E-state index contributed by atoms with van der Waals surface area (Å²) in [4.78, 5) is 13.4. The summed E-state index contributed by atoms with van der Waals surface area (Å²) in [6.07, 6.45) is 1.94. The van der Waals surface area contributed by atoms with Crippen LogP contribution in [-0.2, 0) is 19.0 Å². The van der Waals surface area contributed by atoms with Crippen LogP contribution in [0.4, 0.5) is 4.79 Å². The maximum atomic E-state index is 12.0. The highest BCUT2D eigenvalue weighted by Crippen LogP contribution is 2.24. The first-order chi connectivity index (χ1) is 8.52. The molecule has 6 nitrogen and oxygen atoms in total. The minimum absolute atomic E-state index is 0.179. The minimum atomic E-state index is -3.54. The second kappa shape index (κ2) is 5.50. The van der Waals surface area contributed by atoms with E-state index >= 15 is 0 Å². The Morgan fingerprint density at radius 2 is 2.00 bits per heavy atom. The van der Waals surface area contributed by atoms with E-state index in [0.717, 1.165) is 6.26 Å². The van der Waals surface area contributed by atoms with E-state index in [9.17, 15) is 13.2 Å². The van der Waals surface area contributed by atoms with Crippen LogP contribution in [0.1, 0.15) is 27.2 Å². The average Bonchev–Trinajstić information content (AvgIpc) is 2.55. The van der Waals surface area contributed by atoms with E-state index in [1.165, 1.54) is 4.90 Å². The van der Waals surface area contributed by atoms with E-state index in [1.807, 2.05) is 0 Å². The maximum Gasteiger partial charge on any atom is 0.410 e. The van der Waals surface area contributed by atoms with Crippen molar-refractivity contribution in [3.8, 4) is 0 Å². The van der Waals surface area contributed by atoms with Gasteiger partial charge in [-0.15, -0.1) is 6.58 Å². The van der Waals surface area contributed by atoms with Crippen LogP contribution in [0.5, 0.6) is 0 Å². The molecule has 0 radical (unpaired) electrons. The molecule has 1 rings (SSSR count). The van der Waals surface area contributed by atoms with Gasteiger partial charge in [0, 0.05) is 6.42 Å². The quantitative estimate of drug-likeness (QED) is 0.582. The molecule has 1 fully saturated rings. The summed E-state index contributed by atoms with van der Waals surface area (Å²) in [6.45, 7) is 9.14. The minimum Gasteiger partial charge on any atom is -0.444 e. The third-order valence-electron chi connectivity index (χ3n) is 2.52. The zero-order valence-electron chi connectivity index (χ0n) is 11.8. The summed E-state index contributed by atoms with van der Waals surface area (Å²) in [5.74, 6) is 0. The zero-order chi connectivity index (χ0) is 14.8. The molecule has 1 amide bonds. The number of hydrogen-bond donors (Lipinski definition) is 0. The fourth-order valence-corrected chi connectivity index (χ4v) is 2.53. The predicted molar refractivity (Wildman–Crippen MR) is 71.3 cm³/mol. The summed E-state index contributed by atoms with van der Waals surface area (Å²) < 4.78 is 32.4. The Kier molecular flexibility index (Phi) is 4.63. The Labute approximate surface area is 114 Å². The molecule has 0 spiro atoms. The molecule has 1 aliphatic heterocycles. The van der Waals surface area contributed by atoms with E-state index in [1.54, 1.807) is 26.8 Å². The van der Waals surface area contributed by atoms with Crippen LogP contribution in [0.2, 0.25) is 0 Å². The Morgan fingerprint density at radius 1 is 1.42 bits per heavy atom. The number of nitrogens with zero attached hydrogens (tertiary/aromatic N) is 1. The number of amides is 1. The van der Waals surface area contributed by atoms with Crippen LogP contribution in [0.15, 0.2) is 12.7 Å². The Balaban J connectivity index is 2.73. The normalized spacial score (nSPS) is 24.3. The molecule has 1 heterocycles. The smallest absolute Gasteiger partial charge is 0.410 e. The molecule has 1 aliphatic rings. The topological polar surface area (TPSA) is 72.9 Å². The zero-order valence-corrected chi connectivity index (χ0v) is 12.6. The van der Waals surface area contributed by atoms with Gasteiger partial charge in [0.15, 0.2) is 0 Å². The van der Waals surface area contributed by atoms with Gasteiger partial charge in [-0.3, -0.25) is 9.08 Å². The van der Waals surface area contributed by atoms with Gasteiger partial charge in [0.25, 0.3) is 10.1 Å². The third-order valence-corrected chi connectivity index (χ3v) is 3.14. The molecule has 7 heteroatoms. The second-order valence-corrected chi connectivity index (χ2v) is 7.19. The molecule has 0 unspecified atom stereocenters. The van der Waals surface area contributed by atoms with Crippen molar-refractivity contribution in [2.24, 2.45) is 0 Å². The summed E-state index contributed by atoms with van der Waals surface area (Å²) in [5.41, 5.74) is -0.599. The first kappa shape index (κ1) is 16.0.